The minimum Gasteiger partial charge on any atom is -0.371 e. The summed E-state index contributed by atoms with van der Waals surface area (Å²) in [6.07, 6.45) is 6.07. The number of benzene rings is 2. The van der Waals surface area contributed by atoms with Gasteiger partial charge in [-0.05, 0) is 91.9 Å². The second-order valence-electron chi connectivity index (χ2n) is 8.18. The molecule has 6 heteroatoms. The van der Waals surface area contributed by atoms with E-state index >= 15 is 0 Å². The Labute approximate surface area is 181 Å². The molecule has 0 aromatic heterocycles. The van der Waals surface area contributed by atoms with Gasteiger partial charge >= 0.3 is 0 Å². The fourth-order valence-electron chi connectivity index (χ4n) is 4.67. The second kappa shape index (κ2) is 7.36. The number of rotatable bonds is 2. The number of nitrogens with zero attached hydrogens (tertiary/aromatic N) is 2. The van der Waals surface area contributed by atoms with Crippen LogP contribution in [0.5, 0.6) is 0 Å². The molecule has 0 bridgehead atoms. The van der Waals surface area contributed by atoms with Gasteiger partial charge in [-0.1, -0.05) is 17.7 Å². The summed E-state index contributed by atoms with van der Waals surface area (Å²) >= 11 is 5.29. The summed E-state index contributed by atoms with van der Waals surface area (Å²) in [4.78, 5) is 29.7. The number of aryl methyl sites for hydroxylation is 3. The van der Waals surface area contributed by atoms with E-state index in [4.69, 9.17) is 12.2 Å². The lowest BCUT2D eigenvalue weighted by molar-refractivity contribution is -0.122. The lowest BCUT2D eigenvalue weighted by Gasteiger charge is -2.37. The van der Waals surface area contributed by atoms with Crippen molar-refractivity contribution in [2.45, 2.75) is 32.6 Å². The molecule has 0 saturated carbocycles. The van der Waals surface area contributed by atoms with E-state index < -0.39 is 5.91 Å². The molecule has 2 aromatic rings. The first-order valence-corrected chi connectivity index (χ1v) is 10.8. The molecule has 30 heavy (non-hydrogen) atoms. The summed E-state index contributed by atoms with van der Waals surface area (Å²) in [6.45, 7) is 4.21. The monoisotopic (exact) mass is 417 g/mol. The molecule has 3 aliphatic heterocycles. The Morgan fingerprint density at radius 1 is 1.00 bits per heavy atom. The van der Waals surface area contributed by atoms with E-state index in [0.29, 0.717) is 5.69 Å². The second-order valence-corrected chi connectivity index (χ2v) is 8.56. The van der Waals surface area contributed by atoms with Gasteiger partial charge in [0.1, 0.15) is 5.57 Å². The molecule has 3 aliphatic rings. The average molecular weight is 418 g/mol. The fourth-order valence-corrected chi connectivity index (χ4v) is 4.95. The van der Waals surface area contributed by atoms with Gasteiger partial charge in [0.2, 0.25) is 0 Å². The maximum atomic E-state index is 13.2. The Morgan fingerprint density at radius 3 is 2.27 bits per heavy atom. The van der Waals surface area contributed by atoms with Crippen molar-refractivity contribution in [3.05, 3.63) is 64.2 Å². The quantitative estimate of drug-likeness (QED) is 0.462. The zero-order valence-corrected chi connectivity index (χ0v) is 17.7. The van der Waals surface area contributed by atoms with Crippen LogP contribution < -0.4 is 15.1 Å². The molecular formula is C24H23N3O2S. The van der Waals surface area contributed by atoms with Crippen molar-refractivity contribution in [1.29, 1.82) is 0 Å². The third-order valence-corrected chi connectivity index (χ3v) is 6.34. The molecule has 2 amide bonds. The predicted octanol–water partition coefficient (Wildman–Crippen LogP) is 3.53. The molecule has 5 nitrogen and oxygen atoms in total. The molecular weight excluding hydrogens is 394 g/mol. The number of hydrogen-bond donors (Lipinski definition) is 1. The van der Waals surface area contributed by atoms with E-state index in [1.54, 1.807) is 6.08 Å². The highest BCUT2D eigenvalue weighted by Crippen LogP contribution is 2.36. The topological polar surface area (TPSA) is 52.7 Å². The van der Waals surface area contributed by atoms with Crippen LogP contribution in [0.3, 0.4) is 0 Å². The van der Waals surface area contributed by atoms with Crippen LogP contribution in [0.15, 0.2) is 42.0 Å². The van der Waals surface area contributed by atoms with Crippen molar-refractivity contribution in [2.75, 3.05) is 22.9 Å². The van der Waals surface area contributed by atoms with Crippen LogP contribution in [-0.2, 0) is 22.4 Å². The van der Waals surface area contributed by atoms with E-state index in [-0.39, 0.29) is 16.6 Å². The van der Waals surface area contributed by atoms with Crippen molar-refractivity contribution >= 4 is 46.6 Å². The first kappa shape index (κ1) is 19.0. The van der Waals surface area contributed by atoms with Crippen LogP contribution >= 0.6 is 12.2 Å². The molecule has 1 saturated heterocycles. The van der Waals surface area contributed by atoms with Crippen LogP contribution in [-0.4, -0.2) is 30.0 Å². The van der Waals surface area contributed by atoms with Gasteiger partial charge in [0.05, 0.1) is 5.69 Å². The molecule has 0 atom stereocenters. The van der Waals surface area contributed by atoms with Crippen molar-refractivity contribution in [3.8, 4) is 0 Å². The van der Waals surface area contributed by atoms with E-state index in [0.717, 1.165) is 49.9 Å². The van der Waals surface area contributed by atoms with Gasteiger partial charge in [-0.25, -0.2) is 0 Å². The van der Waals surface area contributed by atoms with Crippen molar-refractivity contribution < 1.29 is 9.59 Å². The Kier molecular flexibility index (Phi) is 4.66. The normalized spacial score (nSPS) is 19.8. The number of amides is 2. The minimum atomic E-state index is -0.443. The number of carbonyl (C=O) groups excluding carboxylic acids is 2. The molecule has 2 aromatic carbocycles. The maximum absolute atomic E-state index is 13.2. The summed E-state index contributed by atoms with van der Waals surface area (Å²) < 4.78 is 0. The standard InChI is InChI=1S/C24H23N3O2S/c1-15-6-8-19(9-7-15)27-23(29)20(22(28)25-24(27)30)14-16-12-17-4-2-10-26-11-3-5-18(13-16)21(17)26/h6-9,12-14H,2-5,10-11H2,1H3,(H,25,28,30). The molecule has 152 valence electrons. The van der Waals surface area contributed by atoms with Crippen LogP contribution in [0.2, 0.25) is 0 Å². The van der Waals surface area contributed by atoms with E-state index in [2.05, 4.69) is 22.3 Å². The minimum absolute atomic E-state index is 0.111. The average Bonchev–Trinajstić information content (AvgIpc) is 2.73. The highest BCUT2D eigenvalue weighted by molar-refractivity contribution is 7.80. The number of carbonyl (C=O) groups is 2. The van der Waals surface area contributed by atoms with Crippen molar-refractivity contribution in [3.63, 3.8) is 0 Å². The molecule has 0 radical (unpaired) electrons. The SMILES string of the molecule is Cc1ccc(N2C(=O)C(=Cc3cc4c5c(c3)CCCN5CCC4)C(=O)NC2=S)cc1. The number of anilines is 2. The van der Waals surface area contributed by atoms with Crippen LogP contribution in [0.4, 0.5) is 11.4 Å². The first-order valence-electron chi connectivity index (χ1n) is 10.4. The summed E-state index contributed by atoms with van der Waals surface area (Å²) in [6, 6.07) is 11.8. The van der Waals surface area contributed by atoms with E-state index in [9.17, 15) is 9.59 Å². The van der Waals surface area contributed by atoms with Gasteiger partial charge in [0.25, 0.3) is 11.8 Å². The zero-order chi connectivity index (χ0) is 20.8. The summed E-state index contributed by atoms with van der Waals surface area (Å²) in [5, 5.41) is 2.79. The molecule has 1 fully saturated rings. The maximum Gasteiger partial charge on any atom is 0.270 e. The summed E-state index contributed by atoms with van der Waals surface area (Å²) in [5.74, 6) is -0.832. The van der Waals surface area contributed by atoms with Crippen LogP contribution in [0.1, 0.15) is 35.1 Å². The number of hydrogen-bond acceptors (Lipinski definition) is 4. The molecule has 3 heterocycles. The predicted molar refractivity (Wildman–Crippen MR) is 123 cm³/mol. The summed E-state index contributed by atoms with van der Waals surface area (Å²) in [5.41, 5.74) is 6.77. The third-order valence-electron chi connectivity index (χ3n) is 6.06. The van der Waals surface area contributed by atoms with Gasteiger partial charge in [0, 0.05) is 18.8 Å². The lowest BCUT2D eigenvalue weighted by Crippen LogP contribution is -2.54. The fraction of sp³-hybridized carbons (Fsp3) is 0.292. The van der Waals surface area contributed by atoms with E-state index in [1.165, 1.54) is 21.7 Å². The number of thiocarbonyl (C=S) groups is 1. The number of nitrogens with one attached hydrogen (secondary N) is 1. The molecule has 1 N–H and O–H groups in total. The molecule has 0 unspecified atom stereocenters. The van der Waals surface area contributed by atoms with Crippen molar-refractivity contribution in [2.24, 2.45) is 0 Å². The Hall–Kier alpha value is -2.99. The Balaban J connectivity index is 1.54. The Bertz CT molecular complexity index is 1070. The smallest absolute Gasteiger partial charge is 0.270 e. The van der Waals surface area contributed by atoms with Gasteiger partial charge in [-0.2, -0.15) is 0 Å². The largest absolute Gasteiger partial charge is 0.371 e. The van der Waals surface area contributed by atoms with Gasteiger partial charge in [-0.15, -0.1) is 0 Å². The van der Waals surface area contributed by atoms with Gasteiger partial charge < -0.3 is 4.90 Å². The van der Waals surface area contributed by atoms with Crippen LogP contribution in [0, 0.1) is 6.92 Å². The van der Waals surface area contributed by atoms with E-state index in [1.807, 2.05) is 31.2 Å². The first-order chi connectivity index (χ1) is 14.5. The van der Waals surface area contributed by atoms with Crippen molar-refractivity contribution in [1.82, 2.24) is 5.32 Å². The molecule has 0 aliphatic carbocycles. The third kappa shape index (κ3) is 3.21. The molecule has 0 spiro atoms. The zero-order valence-electron chi connectivity index (χ0n) is 16.9. The van der Waals surface area contributed by atoms with Crippen LogP contribution in [0.25, 0.3) is 6.08 Å². The lowest BCUT2D eigenvalue weighted by atomic mass is 9.89. The highest BCUT2D eigenvalue weighted by atomic mass is 32.1. The van der Waals surface area contributed by atoms with Gasteiger partial charge in [0.15, 0.2) is 5.11 Å². The van der Waals surface area contributed by atoms with Gasteiger partial charge in [-0.3, -0.25) is 19.8 Å². The Morgan fingerprint density at radius 2 is 1.63 bits per heavy atom. The highest BCUT2D eigenvalue weighted by Gasteiger charge is 2.34. The molecule has 5 rings (SSSR count). The summed E-state index contributed by atoms with van der Waals surface area (Å²) in [7, 11) is 0.